The van der Waals surface area contributed by atoms with E-state index in [1.807, 2.05) is 30.3 Å². The van der Waals surface area contributed by atoms with Gasteiger partial charge in [0, 0.05) is 24.0 Å². The summed E-state index contributed by atoms with van der Waals surface area (Å²) < 4.78 is 11.7. The van der Waals surface area contributed by atoms with Crippen LogP contribution in [0.3, 0.4) is 0 Å². The molecule has 0 atom stereocenters. The molecule has 2 heterocycles. The Balaban J connectivity index is 1.57. The van der Waals surface area contributed by atoms with Gasteiger partial charge in [-0.25, -0.2) is 4.79 Å². The lowest BCUT2D eigenvalue weighted by Gasteiger charge is -2.29. The average molecular weight is 333 g/mol. The van der Waals surface area contributed by atoms with Gasteiger partial charge >= 0.3 is 5.63 Å². The van der Waals surface area contributed by atoms with Crippen LogP contribution < -0.4 is 10.4 Å². The standard InChI is InChI=1S/C21H19NO3/c23-21-17-8-4-7-15(17)16-9-10-19-18(20(16)25-21)12-22(13-24-19)11-14-5-2-1-3-6-14/h1-3,5-6,9-10H,4,7-8,11-13H2. The topological polar surface area (TPSA) is 42.7 Å². The summed E-state index contributed by atoms with van der Waals surface area (Å²) in [5.74, 6) is 0.831. The van der Waals surface area contributed by atoms with Crippen molar-refractivity contribution in [2.75, 3.05) is 6.73 Å². The molecule has 126 valence electrons. The highest BCUT2D eigenvalue weighted by Crippen LogP contribution is 2.36. The first kappa shape index (κ1) is 14.7. The lowest BCUT2D eigenvalue weighted by atomic mass is 10.0. The van der Waals surface area contributed by atoms with Crippen LogP contribution in [0.2, 0.25) is 0 Å². The summed E-state index contributed by atoms with van der Waals surface area (Å²) >= 11 is 0. The molecule has 3 aromatic rings. The third kappa shape index (κ3) is 2.45. The van der Waals surface area contributed by atoms with Gasteiger partial charge in [0.15, 0.2) is 0 Å². The Morgan fingerprint density at radius 3 is 2.68 bits per heavy atom. The van der Waals surface area contributed by atoms with Crippen LogP contribution >= 0.6 is 0 Å². The van der Waals surface area contributed by atoms with Gasteiger partial charge < -0.3 is 9.15 Å². The number of fused-ring (bicyclic) bond motifs is 5. The van der Waals surface area contributed by atoms with E-state index in [2.05, 4.69) is 17.0 Å². The summed E-state index contributed by atoms with van der Waals surface area (Å²) in [4.78, 5) is 14.6. The van der Waals surface area contributed by atoms with E-state index < -0.39 is 0 Å². The highest BCUT2D eigenvalue weighted by atomic mass is 16.5. The van der Waals surface area contributed by atoms with Gasteiger partial charge in [-0.15, -0.1) is 0 Å². The fraction of sp³-hybridized carbons (Fsp3) is 0.286. The normalized spacial score (nSPS) is 16.5. The molecular formula is C21H19NO3. The van der Waals surface area contributed by atoms with E-state index in [4.69, 9.17) is 9.15 Å². The zero-order chi connectivity index (χ0) is 16.8. The number of nitrogens with zero attached hydrogens (tertiary/aromatic N) is 1. The van der Waals surface area contributed by atoms with Crippen molar-refractivity contribution in [3.05, 3.63) is 75.1 Å². The monoisotopic (exact) mass is 333 g/mol. The SMILES string of the molecule is O=c1oc2c3c(ccc2c2c1CCC2)OCN(Cc1ccccc1)C3. The molecule has 0 unspecified atom stereocenters. The molecule has 1 aliphatic carbocycles. The van der Waals surface area contributed by atoms with Crippen molar-refractivity contribution in [2.24, 2.45) is 0 Å². The second-order valence-corrected chi connectivity index (χ2v) is 6.87. The van der Waals surface area contributed by atoms with E-state index in [-0.39, 0.29) is 5.63 Å². The molecule has 2 aliphatic rings. The highest BCUT2D eigenvalue weighted by molar-refractivity contribution is 5.86. The molecule has 1 aliphatic heterocycles. The number of hydrogen-bond acceptors (Lipinski definition) is 4. The molecule has 0 saturated carbocycles. The van der Waals surface area contributed by atoms with E-state index in [1.165, 1.54) is 11.1 Å². The minimum Gasteiger partial charge on any atom is -0.478 e. The molecule has 25 heavy (non-hydrogen) atoms. The molecule has 0 N–H and O–H groups in total. The van der Waals surface area contributed by atoms with Crippen LogP contribution in [-0.2, 0) is 25.9 Å². The summed E-state index contributed by atoms with van der Waals surface area (Å²) in [5.41, 5.74) is 4.82. The number of benzene rings is 2. The van der Waals surface area contributed by atoms with Crippen molar-refractivity contribution in [2.45, 2.75) is 32.4 Å². The number of ether oxygens (including phenoxy) is 1. The first-order valence-electron chi connectivity index (χ1n) is 8.79. The Bertz CT molecular complexity index is 1010. The summed E-state index contributed by atoms with van der Waals surface area (Å²) in [6, 6.07) is 14.4. The predicted octanol–water partition coefficient (Wildman–Crippen LogP) is 3.63. The van der Waals surface area contributed by atoms with Gasteiger partial charge in [0.25, 0.3) is 0 Å². The quantitative estimate of drug-likeness (QED) is 0.672. The Hall–Kier alpha value is -2.59. The number of hydrogen-bond donors (Lipinski definition) is 0. The molecule has 0 saturated heterocycles. The minimum atomic E-state index is -0.173. The van der Waals surface area contributed by atoms with E-state index in [0.29, 0.717) is 12.3 Å². The zero-order valence-electron chi connectivity index (χ0n) is 14.0. The minimum absolute atomic E-state index is 0.173. The first-order valence-corrected chi connectivity index (χ1v) is 8.79. The van der Waals surface area contributed by atoms with Crippen molar-refractivity contribution in [3.8, 4) is 5.75 Å². The van der Waals surface area contributed by atoms with Gasteiger partial charge in [0.05, 0.1) is 5.56 Å². The van der Waals surface area contributed by atoms with Crippen molar-refractivity contribution in [1.82, 2.24) is 4.90 Å². The second kappa shape index (κ2) is 5.74. The van der Waals surface area contributed by atoms with Crippen LogP contribution in [0.1, 0.15) is 28.7 Å². The Morgan fingerprint density at radius 1 is 0.960 bits per heavy atom. The largest absolute Gasteiger partial charge is 0.478 e. The van der Waals surface area contributed by atoms with Gasteiger partial charge in [-0.3, -0.25) is 4.90 Å². The molecule has 0 fully saturated rings. The van der Waals surface area contributed by atoms with E-state index in [9.17, 15) is 4.79 Å². The van der Waals surface area contributed by atoms with Gasteiger partial charge in [-0.05, 0) is 42.5 Å². The first-order chi connectivity index (χ1) is 12.3. The van der Waals surface area contributed by atoms with Crippen LogP contribution in [0, 0.1) is 0 Å². The molecular weight excluding hydrogens is 314 g/mol. The summed E-state index contributed by atoms with van der Waals surface area (Å²) in [5, 5.41) is 1.08. The highest BCUT2D eigenvalue weighted by Gasteiger charge is 2.25. The Kier molecular flexibility index (Phi) is 3.38. The molecule has 0 bridgehead atoms. The van der Waals surface area contributed by atoms with Gasteiger partial charge in [0.2, 0.25) is 0 Å². The van der Waals surface area contributed by atoms with E-state index in [0.717, 1.165) is 54.6 Å². The maximum Gasteiger partial charge on any atom is 0.339 e. The lowest BCUT2D eigenvalue weighted by molar-refractivity contribution is 0.0889. The second-order valence-electron chi connectivity index (χ2n) is 6.87. The molecule has 2 aromatic carbocycles. The van der Waals surface area contributed by atoms with Crippen molar-refractivity contribution in [1.29, 1.82) is 0 Å². The van der Waals surface area contributed by atoms with Crippen LogP contribution in [0.5, 0.6) is 5.75 Å². The van der Waals surface area contributed by atoms with Crippen molar-refractivity contribution in [3.63, 3.8) is 0 Å². The molecule has 0 spiro atoms. The van der Waals surface area contributed by atoms with Crippen LogP contribution in [0.15, 0.2) is 51.7 Å². The Morgan fingerprint density at radius 2 is 1.80 bits per heavy atom. The van der Waals surface area contributed by atoms with Crippen molar-refractivity contribution >= 4 is 11.0 Å². The molecule has 4 heteroatoms. The smallest absolute Gasteiger partial charge is 0.339 e. The van der Waals surface area contributed by atoms with E-state index in [1.54, 1.807) is 0 Å². The third-order valence-electron chi connectivity index (χ3n) is 5.23. The lowest BCUT2D eigenvalue weighted by Crippen LogP contribution is -2.31. The summed E-state index contributed by atoms with van der Waals surface area (Å²) in [6.45, 7) is 2.08. The average Bonchev–Trinajstić information content (AvgIpc) is 3.13. The van der Waals surface area contributed by atoms with Crippen LogP contribution in [0.25, 0.3) is 11.0 Å². The molecule has 4 nitrogen and oxygen atoms in total. The van der Waals surface area contributed by atoms with Crippen LogP contribution in [0.4, 0.5) is 0 Å². The third-order valence-corrected chi connectivity index (χ3v) is 5.23. The fourth-order valence-electron chi connectivity index (χ4n) is 4.04. The molecule has 1 aromatic heterocycles. The molecule has 5 rings (SSSR count). The van der Waals surface area contributed by atoms with Crippen LogP contribution in [-0.4, -0.2) is 11.6 Å². The fourth-order valence-corrected chi connectivity index (χ4v) is 4.04. The molecule has 0 radical (unpaired) electrons. The maximum absolute atomic E-state index is 12.4. The summed E-state index contributed by atoms with van der Waals surface area (Å²) in [6.07, 6.45) is 2.83. The maximum atomic E-state index is 12.4. The van der Waals surface area contributed by atoms with Gasteiger partial charge in [-0.1, -0.05) is 30.3 Å². The van der Waals surface area contributed by atoms with Gasteiger partial charge in [-0.2, -0.15) is 0 Å². The zero-order valence-corrected chi connectivity index (χ0v) is 14.0. The number of aryl methyl sites for hydroxylation is 1. The van der Waals surface area contributed by atoms with Gasteiger partial charge in [0.1, 0.15) is 18.1 Å². The van der Waals surface area contributed by atoms with Crippen molar-refractivity contribution < 1.29 is 9.15 Å². The number of rotatable bonds is 2. The summed E-state index contributed by atoms with van der Waals surface area (Å²) in [7, 11) is 0. The van der Waals surface area contributed by atoms with E-state index >= 15 is 0 Å². The molecule has 0 amide bonds. The Labute approximate surface area is 145 Å². The predicted molar refractivity (Wildman–Crippen MR) is 95.7 cm³/mol.